The van der Waals surface area contributed by atoms with Crippen LogP contribution < -0.4 is 10.1 Å². The summed E-state index contributed by atoms with van der Waals surface area (Å²) in [5.74, 6) is -1.16. The Labute approximate surface area is 145 Å². The second-order valence-electron chi connectivity index (χ2n) is 6.10. The van der Waals surface area contributed by atoms with E-state index in [1.54, 1.807) is 29.2 Å². The molecule has 0 bridgehead atoms. The van der Waals surface area contributed by atoms with Gasteiger partial charge in [-0.3, -0.25) is 4.79 Å². The van der Waals surface area contributed by atoms with Gasteiger partial charge in [0.25, 0.3) is 5.91 Å². The van der Waals surface area contributed by atoms with E-state index in [4.69, 9.17) is 4.74 Å². The molecule has 0 saturated carbocycles. The molecule has 3 rings (SSSR count). The molecule has 0 spiro atoms. The van der Waals surface area contributed by atoms with Gasteiger partial charge in [0.15, 0.2) is 11.6 Å². The number of rotatable bonds is 4. The Bertz CT molecular complexity index is 744. The molecule has 25 heavy (non-hydrogen) atoms. The smallest absolute Gasteiger partial charge is 0.253 e. The van der Waals surface area contributed by atoms with Crippen molar-refractivity contribution in [2.45, 2.75) is 18.9 Å². The molecule has 1 N–H and O–H groups in total. The van der Waals surface area contributed by atoms with Gasteiger partial charge in [-0.15, -0.1) is 0 Å². The van der Waals surface area contributed by atoms with Gasteiger partial charge in [-0.25, -0.2) is 8.78 Å². The first-order valence-electron chi connectivity index (χ1n) is 8.25. The summed E-state index contributed by atoms with van der Waals surface area (Å²) in [5, 5.41) is 3.28. The topological polar surface area (TPSA) is 41.6 Å². The van der Waals surface area contributed by atoms with Gasteiger partial charge in [-0.2, -0.15) is 0 Å². The Hall–Kier alpha value is -2.47. The lowest BCUT2D eigenvalue weighted by Crippen LogP contribution is -2.43. The van der Waals surface area contributed by atoms with Crippen molar-refractivity contribution in [3.8, 4) is 11.5 Å². The lowest BCUT2D eigenvalue weighted by atomic mass is 10.0. The molecule has 0 atom stereocenters. The molecule has 1 aliphatic heterocycles. The number of amides is 1. The predicted octanol–water partition coefficient (Wildman–Crippen LogP) is 3.58. The zero-order valence-corrected chi connectivity index (χ0v) is 14.0. The molecule has 6 heteroatoms. The molecule has 1 saturated heterocycles. The van der Waals surface area contributed by atoms with Crippen LogP contribution in [0.5, 0.6) is 11.5 Å². The maximum atomic E-state index is 13.6. The first kappa shape index (κ1) is 17.4. The van der Waals surface area contributed by atoms with E-state index in [9.17, 15) is 13.6 Å². The fraction of sp³-hybridized carbons (Fsp3) is 0.316. The normalized spacial score (nSPS) is 15.0. The van der Waals surface area contributed by atoms with E-state index in [1.807, 2.05) is 7.05 Å². The highest BCUT2D eigenvalue weighted by Gasteiger charge is 2.22. The van der Waals surface area contributed by atoms with Gasteiger partial charge >= 0.3 is 0 Å². The van der Waals surface area contributed by atoms with Gasteiger partial charge in [0.1, 0.15) is 11.6 Å². The largest absolute Gasteiger partial charge is 0.454 e. The van der Waals surface area contributed by atoms with Crippen LogP contribution >= 0.6 is 0 Å². The molecule has 1 fully saturated rings. The summed E-state index contributed by atoms with van der Waals surface area (Å²) in [6, 6.07) is 9.87. The highest BCUT2D eigenvalue weighted by Crippen LogP contribution is 2.25. The van der Waals surface area contributed by atoms with Crippen LogP contribution in [0.1, 0.15) is 23.2 Å². The monoisotopic (exact) mass is 346 g/mol. The highest BCUT2D eigenvalue weighted by molar-refractivity contribution is 5.94. The molecular formula is C19H20F2N2O2. The van der Waals surface area contributed by atoms with Crippen molar-refractivity contribution in [3.05, 3.63) is 59.7 Å². The number of nitrogens with zero attached hydrogens (tertiary/aromatic N) is 1. The minimum atomic E-state index is -0.772. The standard InChI is InChI=1S/C19H20F2N2O2/c1-23(15-8-10-22-11-9-15)19(24)13-2-5-16(6-3-13)25-18-7-4-14(20)12-17(18)21/h2-7,12,15,22H,8-11H2,1H3. The van der Waals surface area contributed by atoms with E-state index in [-0.39, 0.29) is 17.7 Å². The number of benzene rings is 2. The number of carbonyl (C=O) groups excluding carboxylic acids is 1. The van der Waals surface area contributed by atoms with Crippen LogP contribution in [0.3, 0.4) is 0 Å². The third kappa shape index (κ3) is 4.14. The molecule has 1 heterocycles. The Morgan fingerprint density at radius 3 is 2.44 bits per heavy atom. The number of ether oxygens (including phenoxy) is 1. The average molecular weight is 346 g/mol. The number of halogens is 2. The van der Waals surface area contributed by atoms with Crippen LogP contribution in [0.15, 0.2) is 42.5 Å². The van der Waals surface area contributed by atoms with Crippen molar-refractivity contribution in [1.82, 2.24) is 10.2 Å². The summed E-state index contributed by atoms with van der Waals surface area (Å²) in [6.45, 7) is 1.83. The molecule has 2 aromatic rings. The molecular weight excluding hydrogens is 326 g/mol. The lowest BCUT2D eigenvalue weighted by Gasteiger charge is -2.31. The quantitative estimate of drug-likeness (QED) is 0.920. The molecule has 0 aromatic heterocycles. The van der Waals surface area contributed by atoms with Crippen molar-refractivity contribution in [2.24, 2.45) is 0 Å². The summed E-state index contributed by atoms with van der Waals surface area (Å²) in [5.41, 5.74) is 0.549. The molecule has 1 aliphatic rings. The molecule has 0 radical (unpaired) electrons. The molecule has 132 valence electrons. The van der Waals surface area contributed by atoms with Gasteiger partial charge in [-0.1, -0.05) is 0 Å². The van der Waals surface area contributed by atoms with Crippen LogP contribution in [0.2, 0.25) is 0 Å². The highest BCUT2D eigenvalue weighted by atomic mass is 19.1. The van der Waals surface area contributed by atoms with Gasteiger partial charge in [-0.05, 0) is 62.3 Å². The minimum Gasteiger partial charge on any atom is -0.454 e. The van der Waals surface area contributed by atoms with Crippen molar-refractivity contribution in [1.29, 1.82) is 0 Å². The molecule has 4 nitrogen and oxygen atoms in total. The second kappa shape index (κ2) is 7.61. The fourth-order valence-corrected chi connectivity index (χ4v) is 2.91. The first-order valence-corrected chi connectivity index (χ1v) is 8.25. The number of carbonyl (C=O) groups is 1. The summed E-state index contributed by atoms with van der Waals surface area (Å²) in [7, 11) is 1.82. The van der Waals surface area contributed by atoms with Gasteiger partial charge in [0.05, 0.1) is 0 Å². The third-order valence-electron chi connectivity index (χ3n) is 4.40. The van der Waals surface area contributed by atoms with E-state index in [2.05, 4.69) is 5.32 Å². The average Bonchev–Trinajstić information content (AvgIpc) is 2.64. The van der Waals surface area contributed by atoms with Crippen LogP contribution in [-0.2, 0) is 0 Å². The summed E-state index contributed by atoms with van der Waals surface area (Å²) < 4.78 is 31.9. The molecule has 1 amide bonds. The van der Waals surface area contributed by atoms with E-state index < -0.39 is 11.6 Å². The SMILES string of the molecule is CN(C(=O)c1ccc(Oc2ccc(F)cc2F)cc1)C1CCNCC1. The van der Waals surface area contributed by atoms with E-state index >= 15 is 0 Å². The van der Waals surface area contributed by atoms with Crippen molar-refractivity contribution in [3.63, 3.8) is 0 Å². The zero-order chi connectivity index (χ0) is 17.8. The lowest BCUT2D eigenvalue weighted by molar-refractivity contribution is 0.0703. The Kier molecular flexibility index (Phi) is 5.28. The van der Waals surface area contributed by atoms with Crippen molar-refractivity contribution < 1.29 is 18.3 Å². The van der Waals surface area contributed by atoms with Gasteiger partial charge in [0.2, 0.25) is 0 Å². The van der Waals surface area contributed by atoms with Gasteiger partial charge in [0, 0.05) is 24.7 Å². The van der Waals surface area contributed by atoms with Crippen LogP contribution in [0, 0.1) is 11.6 Å². The molecule has 0 aliphatic carbocycles. The van der Waals surface area contributed by atoms with Crippen LogP contribution in [0.4, 0.5) is 8.78 Å². The Morgan fingerprint density at radius 2 is 1.80 bits per heavy atom. The van der Waals surface area contributed by atoms with E-state index in [0.29, 0.717) is 11.3 Å². The summed E-state index contributed by atoms with van der Waals surface area (Å²) >= 11 is 0. The number of hydrogen-bond acceptors (Lipinski definition) is 3. The second-order valence-corrected chi connectivity index (χ2v) is 6.10. The van der Waals surface area contributed by atoms with E-state index in [0.717, 1.165) is 38.1 Å². The van der Waals surface area contributed by atoms with Crippen LogP contribution in [-0.4, -0.2) is 37.0 Å². The van der Waals surface area contributed by atoms with Crippen LogP contribution in [0.25, 0.3) is 0 Å². The Balaban J connectivity index is 1.67. The molecule has 0 unspecified atom stereocenters. The van der Waals surface area contributed by atoms with Gasteiger partial charge < -0.3 is 15.0 Å². The molecule has 2 aromatic carbocycles. The number of piperidine rings is 1. The third-order valence-corrected chi connectivity index (χ3v) is 4.40. The fourth-order valence-electron chi connectivity index (χ4n) is 2.91. The van der Waals surface area contributed by atoms with Crippen molar-refractivity contribution in [2.75, 3.05) is 20.1 Å². The summed E-state index contributed by atoms with van der Waals surface area (Å²) in [6.07, 6.45) is 1.88. The van der Waals surface area contributed by atoms with Crippen molar-refractivity contribution >= 4 is 5.91 Å². The summed E-state index contributed by atoms with van der Waals surface area (Å²) in [4.78, 5) is 14.3. The van der Waals surface area contributed by atoms with E-state index in [1.165, 1.54) is 6.07 Å². The maximum Gasteiger partial charge on any atom is 0.253 e. The maximum absolute atomic E-state index is 13.6. The number of hydrogen-bond donors (Lipinski definition) is 1. The Morgan fingerprint density at radius 1 is 1.12 bits per heavy atom. The first-order chi connectivity index (χ1) is 12.0. The zero-order valence-electron chi connectivity index (χ0n) is 14.0. The predicted molar refractivity (Wildman–Crippen MR) is 90.9 cm³/mol. The minimum absolute atomic E-state index is 0.0496. The number of nitrogens with one attached hydrogen (secondary N) is 1.